The van der Waals surface area contributed by atoms with Crippen LogP contribution in [0, 0.1) is 13.8 Å². The molecular formula is C21H22BrN5O2S. The summed E-state index contributed by atoms with van der Waals surface area (Å²) in [6.07, 6.45) is 0. The fourth-order valence-corrected chi connectivity index (χ4v) is 3.73. The van der Waals surface area contributed by atoms with Crippen LogP contribution in [0.2, 0.25) is 0 Å². The topological polar surface area (TPSA) is 88.9 Å². The molecule has 1 heterocycles. The van der Waals surface area contributed by atoms with Crippen molar-refractivity contribution in [3.63, 3.8) is 0 Å². The summed E-state index contributed by atoms with van der Waals surface area (Å²) in [6.45, 7) is 4.11. The number of hydrogen-bond acceptors (Lipinski definition) is 5. The first-order valence-corrected chi connectivity index (χ1v) is 11.0. The van der Waals surface area contributed by atoms with Crippen molar-refractivity contribution in [2.24, 2.45) is 7.05 Å². The molecule has 0 saturated carbocycles. The van der Waals surface area contributed by atoms with Crippen LogP contribution < -0.4 is 10.6 Å². The number of carbonyl (C=O) groups is 2. The summed E-state index contributed by atoms with van der Waals surface area (Å²) in [5, 5.41) is 14.6. The Morgan fingerprint density at radius 1 is 1.10 bits per heavy atom. The van der Waals surface area contributed by atoms with Crippen molar-refractivity contribution in [3.8, 4) is 0 Å². The molecule has 0 saturated heterocycles. The molecule has 7 nitrogen and oxygen atoms in total. The minimum absolute atomic E-state index is 0.126. The van der Waals surface area contributed by atoms with E-state index < -0.39 is 0 Å². The van der Waals surface area contributed by atoms with E-state index >= 15 is 0 Å². The summed E-state index contributed by atoms with van der Waals surface area (Å²) >= 11 is 4.74. The molecule has 0 aliphatic heterocycles. The Hall–Kier alpha value is -2.65. The molecule has 2 N–H and O–H groups in total. The van der Waals surface area contributed by atoms with Gasteiger partial charge in [0.15, 0.2) is 11.0 Å². The van der Waals surface area contributed by atoms with Crippen LogP contribution in [0.3, 0.4) is 0 Å². The van der Waals surface area contributed by atoms with Gasteiger partial charge in [0.2, 0.25) is 5.91 Å². The highest BCUT2D eigenvalue weighted by Gasteiger charge is 2.14. The van der Waals surface area contributed by atoms with Gasteiger partial charge >= 0.3 is 0 Å². The van der Waals surface area contributed by atoms with Gasteiger partial charge in [-0.05, 0) is 49.2 Å². The first-order valence-electron chi connectivity index (χ1n) is 9.26. The third kappa shape index (κ3) is 5.48. The summed E-state index contributed by atoms with van der Waals surface area (Å²) < 4.78 is 2.77. The number of aryl methyl sites for hydroxylation is 2. The fourth-order valence-electron chi connectivity index (χ4n) is 2.76. The van der Waals surface area contributed by atoms with E-state index in [0.29, 0.717) is 16.5 Å². The number of hydrogen-bond donors (Lipinski definition) is 2. The molecule has 2 aromatic carbocycles. The molecule has 3 aromatic rings. The zero-order chi connectivity index (χ0) is 21.7. The Kier molecular flexibility index (Phi) is 7.28. The summed E-state index contributed by atoms with van der Waals surface area (Å²) in [4.78, 5) is 24.6. The van der Waals surface area contributed by atoms with Gasteiger partial charge in [-0.2, -0.15) is 0 Å². The predicted molar refractivity (Wildman–Crippen MR) is 122 cm³/mol. The van der Waals surface area contributed by atoms with Gasteiger partial charge in [-0.25, -0.2) is 0 Å². The number of benzene rings is 2. The zero-order valence-corrected chi connectivity index (χ0v) is 19.3. The van der Waals surface area contributed by atoms with E-state index in [2.05, 4.69) is 36.8 Å². The number of nitrogens with zero attached hydrogens (tertiary/aromatic N) is 3. The van der Waals surface area contributed by atoms with Crippen molar-refractivity contribution in [1.82, 2.24) is 20.1 Å². The molecule has 0 aliphatic rings. The summed E-state index contributed by atoms with van der Waals surface area (Å²) in [7, 11) is 1.81. The first kappa shape index (κ1) is 22.0. The van der Waals surface area contributed by atoms with Crippen LogP contribution in [0.15, 0.2) is 52.1 Å². The van der Waals surface area contributed by atoms with E-state index in [4.69, 9.17) is 0 Å². The van der Waals surface area contributed by atoms with Gasteiger partial charge in [0.25, 0.3) is 5.91 Å². The predicted octanol–water partition coefficient (Wildman–Crippen LogP) is 3.86. The summed E-state index contributed by atoms with van der Waals surface area (Å²) in [5.74, 6) is 0.536. The second-order valence-corrected chi connectivity index (χ2v) is 8.55. The van der Waals surface area contributed by atoms with Crippen LogP contribution >= 0.6 is 27.7 Å². The molecule has 30 heavy (non-hydrogen) atoms. The molecule has 0 unspecified atom stereocenters. The standard InChI is InChI=1S/C21H22BrN5O2S/c1-13-6-4-5-7-16(13)20(29)23-11-18-25-26-21(27(18)3)30-12-19(28)24-15-8-9-17(22)14(2)10-15/h4-10H,11-12H2,1-3H3,(H,23,29)(H,24,28). The average Bonchev–Trinajstić information content (AvgIpc) is 3.07. The maximum atomic E-state index is 12.4. The van der Waals surface area contributed by atoms with Crippen LogP contribution in [0.25, 0.3) is 0 Å². The van der Waals surface area contributed by atoms with E-state index in [-0.39, 0.29) is 24.1 Å². The van der Waals surface area contributed by atoms with Crippen molar-refractivity contribution in [1.29, 1.82) is 0 Å². The first-order chi connectivity index (χ1) is 14.3. The quantitative estimate of drug-likeness (QED) is 0.494. The van der Waals surface area contributed by atoms with E-state index in [9.17, 15) is 9.59 Å². The molecular weight excluding hydrogens is 466 g/mol. The van der Waals surface area contributed by atoms with E-state index in [0.717, 1.165) is 21.3 Å². The highest BCUT2D eigenvalue weighted by molar-refractivity contribution is 9.10. The SMILES string of the molecule is Cc1cc(NC(=O)CSc2nnc(CNC(=O)c3ccccc3C)n2C)ccc1Br. The third-order valence-corrected chi connectivity index (χ3v) is 6.41. The average molecular weight is 488 g/mol. The number of thioether (sulfide) groups is 1. The van der Waals surface area contributed by atoms with Gasteiger partial charge in [0.05, 0.1) is 12.3 Å². The largest absolute Gasteiger partial charge is 0.345 e. The second kappa shape index (κ2) is 9.90. The van der Waals surface area contributed by atoms with E-state index in [1.807, 2.05) is 57.3 Å². The maximum absolute atomic E-state index is 12.4. The van der Waals surface area contributed by atoms with Crippen LogP contribution in [0.5, 0.6) is 0 Å². The lowest BCUT2D eigenvalue weighted by molar-refractivity contribution is -0.113. The summed E-state index contributed by atoms with van der Waals surface area (Å²) in [5.41, 5.74) is 3.34. The molecule has 0 atom stereocenters. The number of halogens is 1. The van der Waals surface area contributed by atoms with Gasteiger partial charge in [-0.15, -0.1) is 10.2 Å². The lowest BCUT2D eigenvalue weighted by Gasteiger charge is -2.08. The Morgan fingerprint density at radius 3 is 2.60 bits per heavy atom. The molecule has 9 heteroatoms. The molecule has 0 aliphatic carbocycles. The lowest BCUT2D eigenvalue weighted by atomic mass is 10.1. The highest BCUT2D eigenvalue weighted by atomic mass is 79.9. The Balaban J connectivity index is 1.53. The van der Waals surface area contributed by atoms with Gasteiger partial charge in [-0.1, -0.05) is 45.9 Å². The van der Waals surface area contributed by atoms with Crippen LogP contribution in [-0.4, -0.2) is 32.3 Å². The minimum atomic E-state index is -0.158. The summed E-state index contributed by atoms with van der Waals surface area (Å²) in [6, 6.07) is 13.1. The minimum Gasteiger partial charge on any atom is -0.345 e. The van der Waals surface area contributed by atoms with Crippen molar-refractivity contribution >= 4 is 45.2 Å². The van der Waals surface area contributed by atoms with Crippen molar-refractivity contribution in [2.75, 3.05) is 11.1 Å². The van der Waals surface area contributed by atoms with Crippen LogP contribution in [0.1, 0.15) is 27.3 Å². The lowest BCUT2D eigenvalue weighted by Crippen LogP contribution is -2.25. The van der Waals surface area contributed by atoms with Gasteiger partial charge in [0, 0.05) is 22.8 Å². The number of nitrogens with one attached hydrogen (secondary N) is 2. The number of amides is 2. The Morgan fingerprint density at radius 2 is 1.87 bits per heavy atom. The zero-order valence-electron chi connectivity index (χ0n) is 16.9. The number of carbonyl (C=O) groups excluding carboxylic acids is 2. The fraction of sp³-hybridized carbons (Fsp3) is 0.238. The number of anilines is 1. The molecule has 156 valence electrons. The smallest absolute Gasteiger partial charge is 0.251 e. The molecule has 0 spiro atoms. The normalized spacial score (nSPS) is 10.7. The second-order valence-electron chi connectivity index (χ2n) is 6.76. The van der Waals surface area contributed by atoms with Crippen molar-refractivity contribution in [3.05, 3.63) is 69.5 Å². The Bertz CT molecular complexity index is 1080. The molecule has 3 rings (SSSR count). The maximum Gasteiger partial charge on any atom is 0.251 e. The molecule has 0 fully saturated rings. The van der Waals surface area contributed by atoms with Gasteiger partial charge in [-0.3, -0.25) is 9.59 Å². The van der Waals surface area contributed by atoms with Gasteiger partial charge in [0.1, 0.15) is 0 Å². The molecule has 2 amide bonds. The number of aromatic nitrogens is 3. The monoisotopic (exact) mass is 487 g/mol. The van der Waals surface area contributed by atoms with Crippen molar-refractivity contribution in [2.45, 2.75) is 25.5 Å². The number of rotatable bonds is 7. The van der Waals surface area contributed by atoms with E-state index in [1.165, 1.54) is 11.8 Å². The van der Waals surface area contributed by atoms with Crippen molar-refractivity contribution < 1.29 is 9.59 Å². The highest BCUT2D eigenvalue weighted by Crippen LogP contribution is 2.21. The van der Waals surface area contributed by atoms with Crippen LogP contribution in [-0.2, 0) is 18.4 Å². The Labute approximate surface area is 187 Å². The van der Waals surface area contributed by atoms with E-state index in [1.54, 1.807) is 10.6 Å². The van der Waals surface area contributed by atoms with Crippen LogP contribution in [0.4, 0.5) is 5.69 Å². The third-order valence-electron chi connectivity index (χ3n) is 4.50. The molecule has 0 bridgehead atoms. The molecule has 1 aromatic heterocycles. The molecule has 0 radical (unpaired) electrons. The van der Waals surface area contributed by atoms with Gasteiger partial charge < -0.3 is 15.2 Å².